The van der Waals surface area contributed by atoms with Crippen LogP contribution >= 0.6 is 0 Å². The first-order valence-corrected chi connectivity index (χ1v) is 9.22. The molecule has 6 nitrogen and oxygen atoms in total. The summed E-state index contributed by atoms with van der Waals surface area (Å²) < 4.78 is 10.5. The predicted molar refractivity (Wildman–Crippen MR) is 109 cm³/mol. The second kappa shape index (κ2) is 14.1. The highest BCUT2D eigenvalue weighted by Gasteiger charge is 2.22. The molecule has 0 aliphatic heterocycles. The lowest BCUT2D eigenvalue weighted by Gasteiger charge is -2.17. The van der Waals surface area contributed by atoms with Crippen LogP contribution in [0.15, 0.2) is 54.1 Å². The third-order valence-corrected chi connectivity index (χ3v) is 3.77. The number of amides is 1. The summed E-state index contributed by atoms with van der Waals surface area (Å²) in [6.07, 6.45) is 11.5. The Morgan fingerprint density at radius 3 is 2.64 bits per heavy atom. The third kappa shape index (κ3) is 9.60. The highest BCUT2D eigenvalue weighted by Crippen LogP contribution is 2.07. The van der Waals surface area contributed by atoms with Crippen LogP contribution in [-0.4, -0.2) is 31.3 Å². The molecule has 0 radical (unpaired) electrons. The van der Waals surface area contributed by atoms with Gasteiger partial charge in [0.05, 0.1) is 0 Å². The SMILES string of the molecule is C#C/C=C(\C=C/C)COC(=O)[C@H](CCCCN)NC(=O)OCc1ccccc1. The molecule has 0 aromatic heterocycles. The molecule has 1 aromatic rings. The minimum absolute atomic E-state index is 0.0293. The topological polar surface area (TPSA) is 90.6 Å². The number of terminal acetylenes is 1. The smallest absolute Gasteiger partial charge is 0.408 e. The van der Waals surface area contributed by atoms with Gasteiger partial charge < -0.3 is 20.5 Å². The lowest BCUT2D eigenvalue weighted by Crippen LogP contribution is -2.42. The Kier molecular flexibility index (Phi) is 11.6. The van der Waals surface area contributed by atoms with Crippen molar-refractivity contribution in [1.29, 1.82) is 0 Å². The molecule has 150 valence electrons. The number of hydrogen-bond acceptors (Lipinski definition) is 5. The zero-order valence-electron chi connectivity index (χ0n) is 16.2. The van der Waals surface area contributed by atoms with Crippen molar-refractivity contribution in [2.75, 3.05) is 13.2 Å². The van der Waals surface area contributed by atoms with E-state index in [2.05, 4.69) is 11.2 Å². The maximum atomic E-state index is 12.4. The molecule has 0 spiro atoms. The number of esters is 1. The first-order chi connectivity index (χ1) is 13.6. The van der Waals surface area contributed by atoms with Gasteiger partial charge in [0.2, 0.25) is 0 Å². The number of benzene rings is 1. The van der Waals surface area contributed by atoms with E-state index in [0.29, 0.717) is 25.0 Å². The van der Waals surface area contributed by atoms with E-state index in [4.69, 9.17) is 21.6 Å². The zero-order valence-corrected chi connectivity index (χ0v) is 16.2. The molecule has 0 bridgehead atoms. The molecule has 0 aliphatic carbocycles. The number of nitrogens with two attached hydrogens (primary N) is 1. The van der Waals surface area contributed by atoms with E-state index in [1.165, 1.54) is 6.08 Å². The van der Waals surface area contributed by atoms with Crippen LogP contribution < -0.4 is 11.1 Å². The Morgan fingerprint density at radius 2 is 2.00 bits per heavy atom. The Bertz CT molecular complexity index is 705. The first kappa shape index (κ1) is 23.0. The Morgan fingerprint density at radius 1 is 1.25 bits per heavy atom. The molecule has 0 aliphatic rings. The van der Waals surface area contributed by atoms with Crippen LogP contribution in [0.25, 0.3) is 0 Å². The van der Waals surface area contributed by atoms with Crippen molar-refractivity contribution in [3.63, 3.8) is 0 Å². The molecule has 0 saturated carbocycles. The summed E-state index contributed by atoms with van der Waals surface area (Å²) in [5.74, 6) is 1.86. The maximum Gasteiger partial charge on any atom is 0.408 e. The van der Waals surface area contributed by atoms with Gasteiger partial charge in [0.25, 0.3) is 0 Å². The van der Waals surface area contributed by atoms with Gasteiger partial charge >= 0.3 is 12.1 Å². The van der Waals surface area contributed by atoms with E-state index in [1.807, 2.05) is 37.3 Å². The molecule has 1 rings (SSSR count). The Hall–Kier alpha value is -3.04. The van der Waals surface area contributed by atoms with Crippen LogP contribution in [-0.2, 0) is 20.9 Å². The van der Waals surface area contributed by atoms with Crippen LogP contribution in [0.3, 0.4) is 0 Å². The molecule has 0 saturated heterocycles. The van der Waals surface area contributed by atoms with Crippen LogP contribution in [0.1, 0.15) is 31.7 Å². The van der Waals surface area contributed by atoms with Crippen LogP contribution in [0.4, 0.5) is 4.79 Å². The third-order valence-electron chi connectivity index (χ3n) is 3.77. The monoisotopic (exact) mass is 384 g/mol. The number of ether oxygens (including phenoxy) is 2. The van der Waals surface area contributed by atoms with E-state index in [1.54, 1.807) is 12.2 Å². The molecule has 28 heavy (non-hydrogen) atoms. The van der Waals surface area contributed by atoms with Gasteiger partial charge in [-0.1, -0.05) is 48.4 Å². The number of alkyl carbamates (subject to hydrolysis) is 1. The summed E-state index contributed by atoms with van der Waals surface area (Å²) in [5.41, 5.74) is 7.05. The molecule has 1 atom stereocenters. The lowest BCUT2D eigenvalue weighted by atomic mass is 10.1. The normalized spacial score (nSPS) is 12.2. The van der Waals surface area contributed by atoms with Crippen molar-refractivity contribution in [1.82, 2.24) is 5.32 Å². The van der Waals surface area contributed by atoms with E-state index in [-0.39, 0.29) is 13.2 Å². The van der Waals surface area contributed by atoms with Gasteiger partial charge in [0.1, 0.15) is 19.3 Å². The van der Waals surface area contributed by atoms with E-state index < -0.39 is 18.1 Å². The fourth-order valence-electron chi connectivity index (χ4n) is 2.36. The van der Waals surface area contributed by atoms with E-state index in [0.717, 1.165) is 12.0 Å². The number of nitrogens with one attached hydrogen (secondary N) is 1. The number of carbonyl (C=O) groups excluding carboxylic acids is 2. The van der Waals surface area contributed by atoms with Gasteiger partial charge in [-0.25, -0.2) is 9.59 Å². The van der Waals surface area contributed by atoms with Crippen molar-refractivity contribution in [2.24, 2.45) is 5.73 Å². The van der Waals surface area contributed by atoms with Crippen molar-refractivity contribution >= 4 is 12.1 Å². The number of rotatable bonds is 11. The van der Waals surface area contributed by atoms with Crippen LogP contribution in [0.5, 0.6) is 0 Å². The Labute approximate surface area is 166 Å². The minimum Gasteiger partial charge on any atom is -0.459 e. The largest absolute Gasteiger partial charge is 0.459 e. The standard InChI is InChI=1S/C22H28N2O4/c1-3-10-18(11-4-2)16-27-21(25)20(14-8-9-15-23)24-22(26)28-17-19-12-6-5-7-13-19/h1,4-7,10-13,20H,8-9,14-17,23H2,2H3,(H,24,26)/b11-4-,18-10+/t20-/m0/s1. The first-order valence-electron chi connectivity index (χ1n) is 9.22. The van der Waals surface area contributed by atoms with Gasteiger partial charge in [-0.15, -0.1) is 6.42 Å². The molecule has 6 heteroatoms. The molecular formula is C22H28N2O4. The van der Waals surface area contributed by atoms with Crippen molar-refractivity contribution in [3.8, 4) is 12.3 Å². The zero-order chi connectivity index (χ0) is 20.6. The van der Waals surface area contributed by atoms with E-state index >= 15 is 0 Å². The second-order valence-corrected chi connectivity index (χ2v) is 6.04. The van der Waals surface area contributed by atoms with Gasteiger partial charge in [0.15, 0.2) is 0 Å². The summed E-state index contributed by atoms with van der Waals surface area (Å²) in [4.78, 5) is 24.5. The highest BCUT2D eigenvalue weighted by atomic mass is 16.6. The Balaban J connectivity index is 2.62. The summed E-state index contributed by atoms with van der Waals surface area (Å²) in [5, 5.41) is 2.58. The summed E-state index contributed by atoms with van der Waals surface area (Å²) in [6, 6.07) is 8.48. The molecule has 1 aromatic carbocycles. The van der Waals surface area contributed by atoms with Gasteiger partial charge in [-0.2, -0.15) is 0 Å². The minimum atomic E-state index is -0.812. The number of allylic oxidation sites excluding steroid dienone is 2. The number of unbranched alkanes of at least 4 members (excludes halogenated alkanes) is 1. The molecule has 0 fully saturated rings. The molecule has 3 N–H and O–H groups in total. The van der Waals surface area contributed by atoms with Gasteiger partial charge in [0, 0.05) is 0 Å². The average Bonchev–Trinajstić information content (AvgIpc) is 2.70. The second-order valence-electron chi connectivity index (χ2n) is 6.04. The van der Waals surface area contributed by atoms with Crippen molar-refractivity contribution < 1.29 is 19.1 Å². The molecular weight excluding hydrogens is 356 g/mol. The van der Waals surface area contributed by atoms with Crippen LogP contribution in [0, 0.1) is 12.3 Å². The fourth-order valence-corrected chi connectivity index (χ4v) is 2.36. The summed E-state index contributed by atoms with van der Waals surface area (Å²) >= 11 is 0. The quantitative estimate of drug-likeness (QED) is 0.265. The van der Waals surface area contributed by atoms with Crippen molar-refractivity contribution in [2.45, 2.75) is 38.8 Å². The maximum absolute atomic E-state index is 12.4. The number of carbonyl (C=O) groups is 2. The van der Waals surface area contributed by atoms with Gasteiger partial charge in [-0.05, 0) is 49.9 Å². The number of hydrogen-bond donors (Lipinski definition) is 2. The summed E-state index contributed by atoms with van der Waals surface area (Å²) in [6.45, 7) is 2.50. The van der Waals surface area contributed by atoms with Crippen molar-refractivity contribution in [3.05, 3.63) is 59.7 Å². The highest BCUT2D eigenvalue weighted by molar-refractivity contribution is 5.81. The average molecular weight is 384 g/mol. The molecule has 1 amide bonds. The molecule has 0 unspecified atom stereocenters. The molecule has 0 heterocycles. The summed E-state index contributed by atoms with van der Waals surface area (Å²) in [7, 11) is 0. The predicted octanol–water partition coefficient (Wildman–Crippen LogP) is 3.09. The van der Waals surface area contributed by atoms with E-state index in [9.17, 15) is 9.59 Å². The lowest BCUT2D eigenvalue weighted by molar-refractivity contribution is -0.145. The van der Waals surface area contributed by atoms with Gasteiger partial charge in [-0.3, -0.25) is 0 Å². The van der Waals surface area contributed by atoms with Crippen LogP contribution in [0.2, 0.25) is 0 Å². The fraction of sp³-hybridized carbons (Fsp3) is 0.364.